The molecule has 1 saturated carbocycles. The molecule has 0 radical (unpaired) electrons. The van der Waals surface area contributed by atoms with Crippen LogP contribution >= 0.6 is 0 Å². The van der Waals surface area contributed by atoms with Crippen LogP contribution in [0.1, 0.15) is 58.0 Å². The fourth-order valence-corrected chi connectivity index (χ4v) is 2.82. The molecular weight excluding hydrogens is 250 g/mol. The van der Waals surface area contributed by atoms with Gasteiger partial charge < -0.3 is 10.1 Å². The van der Waals surface area contributed by atoms with E-state index in [4.69, 9.17) is 9.72 Å². The first kappa shape index (κ1) is 15.4. The molecule has 2 rings (SSSR count). The molecule has 0 atom stereocenters. The summed E-state index contributed by atoms with van der Waals surface area (Å²) in [5.41, 5.74) is 1.15. The third-order valence-corrected chi connectivity index (χ3v) is 4.48. The van der Waals surface area contributed by atoms with Crippen LogP contribution in [0.4, 0.5) is 0 Å². The zero-order valence-electron chi connectivity index (χ0n) is 13.2. The molecule has 0 aliphatic heterocycles. The number of ether oxygens (including phenoxy) is 1. The maximum absolute atomic E-state index is 5.87. The molecule has 0 spiro atoms. The van der Waals surface area contributed by atoms with Crippen molar-refractivity contribution in [3.05, 3.63) is 23.8 Å². The predicted molar refractivity (Wildman–Crippen MR) is 80.3 cm³/mol. The summed E-state index contributed by atoms with van der Waals surface area (Å²) in [7, 11) is 1.79. The monoisotopic (exact) mass is 277 g/mol. The highest BCUT2D eigenvalue weighted by molar-refractivity contribution is 5.10. The molecule has 0 unspecified atom stereocenters. The van der Waals surface area contributed by atoms with E-state index in [2.05, 4.69) is 31.1 Å². The van der Waals surface area contributed by atoms with Gasteiger partial charge in [-0.1, -0.05) is 20.8 Å². The molecule has 20 heavy (non-hydrogen) atoms. The highest BCUT2D eigenvalue weighted by Gasteiger charge is 2.42. The molecule has 1 heterocycles. The predicted octanol–water partition coefficient (Wildman–Crippen LogP) is 3.03. The van der Waals surface area contributed by atoms with Crippen LogP contribution in [0.15, 0.2) is 12.3 Å². The number of hydrogen-bond donors (Lipinski definition) is 1. The molecule has 0 aromatic carbocycles. The van der Waals surface area contributed by atoms with E-state index in [1.165, 1.54) is 0 Å². The van der Waals surface area contributed by atoms with E-state index in [-0.39, 0.29) is 5.60 Å². The van der Waals surface area contributed by atoms with E-state index >= 15 is 0 Å². The summed E-state index contributed by atoms with van der Waals surface area (Å²) in [5, 5.41) is 3.31. The summed E-state index contributed by atoms with van der Waals surface area (Å²) in [6.07, 6.45) is 6.17. The molecule has 0 bridgehead atoms. The van der Waals surface area contributed by atoms with Crippen LogP contribution in [0.25, 0.3) is 0 Å². The van der Waals surface area contributed by atoms with E-state index in [1.54, 1.807) is 7.11 Å². The zero-order chi connectivity index (χ0) is 14.6. The van der Waals surface area contributed by atoms with Crippen LogP contribution in [-0.2, 0) is 16.9 Å². The van der Waals surface area contributed by atoms with Gasteiger partial charge in [0.15, 0.2) is 5.82 Å². The topological polar surface area (TPSA) is 47.0 Å². The lowest BCUT2D eigenvalue weighted by atomic mass is 9.70. The Morgan fingerprint density at radius 1 is 1.25 bits per heavy atom. The van der Waals surface area contributed by atoms with Crippen molar-refractivity contribution in [1.29, 1.82) is 0 Å². The Hall–Kier alpha value is -1.00. The van der Waals surface area contributed by atoms with E-state index in [0.717, 1.165) is 50.3 Å². The normalized spacial score (nSPS) is 20.8. The Bertz CT molecular complexity index is 435. The van der Waals surface area contributed by atoms with Crippen molar-refractivity contribution in [3.63, 3.8) is 0 Å². The molecule has 1 fully saturated rings. The van der Waals surface area contributed by atoms with Crippen LogP contribution in [0.3, 0.4) is 0 Å². The number of nitrogens with one attached hydrogen (secondary N) is 1. The van der Waals surface area contributed by atoms with Gasteiger partial charge in [0, 0.05) is 19.9 Å². The summed E-state index contributed by atoms with van der Waals surface area (Å²) in [6, 6.07) is 1.97. The average Bonchev–Trinajstić information content (AvgIpc) is 2.46. The van der Waals surface area contributed by atoms with Crippen LogP contribution in [0.2, 0.25) is 0 Å². The smallest absolute Gasteiger partial charge is 0.160 e. The highest BCUT2D eigenvalue weighted by atomic mass is 16.5. The summed E-state index contributed by atoms with van der Waals surface area (Å²) >= 11 is 0. The van der Waals surface area contributed by atoms with Gasteiger partial charge in [-0.2, -0.15) is 0 Å². The lowest BCUT2D eigenvalue weighted by Crippen LogP contribution is -2.38. The third-order valence-electron chi connectivity index (χ3n) is 4.48. The lowest BCUT2D eigenvalue weighted by molar-refractivity contribution is -0.0730. The summed E-state index contributed by atoms with van der Waals surface area (Å²) in [5.74, 6) is 0.853. The van der Waals surface area contributed by atoms with E-state index in [9.17, 15) is 0 Å². The fourth-order valence-electron chi connectivity index (χ4n) is 2.82. The van der Waals surface area contributed by atoms with Gasteiger partial charge in [-0.3, -0.25) is 0 Å². The molecule has 0 saturated heterocycles. The second kappa shape index (κ2) is 6.19. The molecule has 112 valence electrons. The first-order chi connectivity index (χ1) is 9.51. The molecule has 1 N–H and O–H groups in total. The van der Waals surface area contributed by atoms with E-state index < -0.39 is 0 Å². The molecule has 1 aliphatic carbocycles. The van der Waals surface area contributed by atoms with Crippen molar-refractivity contribution >= 4 is 0 Å². The Kier molecular flexibility index (Phi) is 4.76. The van der Waals surface area contributed by atoms with Gasteiger partial charge in [0.05, 0.1) is 5.69 Å². The number of methoxy groups -OCH3 is 1. The summed E-state index contributed by atoms with van der Waals surface area (Å²) in [6.45, 7) is 8.49. The molecule has 0 amide bonds. The minimum Gasteiger partial charge on any atom is -0.370 e. The number of hydrogen-bond acceptors (Lipinski definition) is 4. The standard InChI is InChI=1S/C16H27N3O/c1-5-17-12-13-6-11-18-14(19-13)16(20-4)9-7-15(2,3)8-10-16/h6,11,17H,5,7-10,12H2,1-4H3. The summed E-state index contributed by atoms with van der Waals surface area (Å²) < 4.78 is 5.87. The van der Waals surface area contributed by atoms with Gasteiger partial charge in [-0.15, -0.1) is 0 Å². The third kappa shape index (κ3) is 3.36. The minimum atomic E-state index is -0.294. The van der Waals surface area contributed by atoms with Crippen LogP contribution in [0, 0.1) is 5.41 Å². The van der Waals surface area contributed by atoms with Gasteiger partial charge >= 0.3 is 0 Å². The van der Waals surface area contributed by atoms with Crippen LogP contribution < -0.4 is 5.32 Å². The van der Waals surface area contributed by atoms with Crippen molar-refractivity contribution in [2.45, 2.75) is 58.6 Å². The Balaban J connectivity index is 2.19. The van der Waals surface area contributed by atoms with E-state index in [0.29, 0.717) is 5.41 Å². The Morgan fingerprint density at radius 2 is 1.95 bits per heavy atom. The second-order valence-electron chi connectivity index (χ2n) is 6.51. The first-order valence-electron chi connectivity index (χ1n) is 7.60. The number of nitrogens with zero attached hydrogens (tertiary/aromatic N) is 2. The molecule has 1 aromatic rings. The summed E-state index contributed by atoms with van der Waals surface area (Å²) in [4.78, 5) is 9.22. The SMILES string of the molecule is CCNCc1ccnc(C2(OC)CCC(C)(C)CC2)n1. The van der Waals surface area contributed by atoms with Gasteiger partial charge in [0.25, 0.3) is 0 Å². The molecular formula is C16H27N3O. The minimum absolute atomic E-state index is 0.294. The highest BCUT2D eigenvalue weighted by Crippen LogP contribution is 2.45. The quantitative estimate of drug-likeness (QED) is 0.898. The van der Waals surface area contributed by atoms with Gasteiger partial charge in [-0.25, -0.2) is 9.97 Å². The Morgan fingerprint density at radius 3 is 2.55 bits per heavy atom. The fraction of sp³-hybridized carbons (Fsp3) is 0.750. The Labute approximate surface area is 122 Å². The van der Waals surface area contributed by atoms with Gasteiger partial charge in [0.1, 0.15) is 5.60 Å². The van der Waals surface area contributed by atoms with Crippen LogP contribution in [-0.4, -0.2) is 23.6 Å². The maximum atomic E-state index is 5.87. The van der Waals surface area contributed by atoms with Gasteiger partial charge in [-0.05, 0) is 43.7 Å². The molecule has 1 aliphatic rings. The average molecular weight is 277 g/mol. The van der Waals surface area contributed by atoms with Gasteiger partial charge in [0.2, 0.25) is 0 Å². The first-order valence-corrected chi connectivity index (χ1v) is 7.60. The van der Waals surface area contributed by atoms with E-state index in [1.807, 2.05) is 12.3 Å². The second-order valence-corrected chi connectivity index (χ2v) is 6.51. The van der Waals surface area contributed by atoms with Crippen molar-refractivity contribution in [3.8, 4) is 0 Å². The zero-order valence-corrected chi connectivity index (χ0v) is 13.2. The van der Waals surface area contributed by atoms with Crippen LogP contribution in [0.5, 0.6) is 0 Å². The van der Waals surface area contributed by atoms with Crippen molar-refractivity contribution in [2.24, 2.45) is 5.41 Å². The van der Waals surface area contributed by atoms with Crippen molar-refractivity contribution < 1.29 is 4.74 Å². The number of aromatic nitrogens is 2. The molecule has 4 nitrogen and oxygen atoms in total. The van der Waals surface area contributed by atoms with Crippen molar-refractivity contribution in [2.75, 3.05) is 13.7 Å². The van der Waals surface area contributed by atoms with Crippen molar-refractivity contribution in [1.82, 2.24) is 15.3 Å². The number of rotatable bonds is 5. The largest absolute Gasteiger partial charge is 0.370 e. The molecule has 1 aromatic heterocycles. The molecule has 4 heteroatoms. The maximum Gasteiger partial charge on any atom is 0.160 e. The lowest BCUT2D eigenvalue weighted by Gasteiger charge is -2.41.